The van der Waals surface area contributed by atoms with Gasteiger partial charge in [0.2, 0.25) is 0 Å². The normalized spacial score (nSPS) is 19.2. The summed E-state index contributed by atoms with van der Waals surface area (Å²) in [5, 5.41) is 0. The Balaban J connectivity index is 1.97. The molecule has 0 radical (unpaired) electrons. The molecule has 0 aromatic carbocycles. The van der Waals surface area contributed by atoms with Crippen molar-refractivity contribution in [1.82, 2.24) is 0 Å². The summed E-state index contributed by atoms with van der Waals surface area (Å²) >= 11 is 0. The van der Waals surface area contributed by atoms with E-state index in [2.05, 4.69) is 6.58 Å². The Labute approximate surface area is 55.5 Å². The lowest BCUT2D eigenvalue weighted by atomic mass is 10.3. The van der Waals surface area contributed by atoms with Gasteiger partial charge in [0, 0.05) is 0 Å². The number of hydrogen-bond acceptors (Lipinski definition) is 2. The summed E-state index contributed by atoms with van der Waals surface area (Å²) in [6.45, 7) is 7.87. The largest absolute Gasteiger partial charge is 0.376 e. The van der Waals surface area contributed by atoms with Crippen molar-refractivity contribution in [2.45, 2.75) is 13.0 Å². The van der Waals surface area contributed by atoms with E-state index in [-0.39, 0.29) is 0 Å². The van der Waals surface area contributed by atoms with Gasteiger partial charge < -0.3 is 9.47 Å². The molecule has 1 saturated heterocycles. The highest BCUT2D eigenvalue weighted by atomic mass is 16.6. The minimum atomic E-state index is 0.335. The summed E-state index contributed by atoms with van der Waals surface area (Å²) in [4.78, 5) is 0. The monoisotopic (exact) mass is 128 g/mol. The molecule has 1 aliphatic heterocycles. The first-order valence-corrected chi connectivity index (χ1v) is 3.13. The smallest absolute Gasteiger partial charge is 0.105 e. The summed E-state index contributed by atoms with van der Waals surface area (Å²) in [5.41, 5.74) is 1.07. The highest BCUT2D eigenvalue weighted by Gasteiger charge is 2.17. The lowest BCUT2D eigenvalue weighted by Gasteiger charge is -2.25. The molecule has 2 nitrogen and oxygen atoms in total. The van der Waals surface area contributed by atoms with Gasteiger partial charge in [-0.3, -0.25) is 0 Å². The second-order valence-electron chi connectivity index (χ2n) is 2.43. The molecule has 2 heteroatoms. The number of rotatable bonds is 3. The van der Waals surface area contributed by atoms with Gasteiger partial charge in [0.05, 0.1) is 19.8 Å². The van der Waals surface area contributed by atoms with E-state index in [4.69, 9.17) is 9.47 Å². The molecule has 1 rings (SSSR count). The van der Waals surface area contributed by atoms with Gasteiger partial charge in [-0.05, 0) is 6.92 Å². The van der Waals surface area contributed by atoms with Crippen molar-refractivity contribution >= 4 is 0 Å². The van der Waals surface area contributed by atoms with E-state index in [1.165, 1.54) is 0 Å². The molecule has 0 atom stereocenters. The van der Waals surface area contributed by atoms with Crippen molar-refractivity contribution in [3.63, 3.8) is 0 Å². The third kappa shape index (κ3) is 2.16. The van der Waals surface area contributed by atoms with Crippen LogP contribution in [0.3, 0.4) is 0 Å². The van der Waals surface area contributed by atoms with Crippen molar-refractivity contribution in [2.75, 3.05) is 19.8 Å². The fraction of sp³-hybridized carbons (Fsp3) is 0.714. The molecule has 0 aromatic heterocycles. The topological polar surface area (TPSA) is 18.5 Å². The third-order valence-electron chi connectivity index (χ3n) is 1.17. The summed E-state index contributed by atoms with van der Waals surface area (Å²) in [6, 6.07) is 0. The van der Waals surface area contributed by atoms with Crippen molar-refractivity contribution < 1.29 is 9.47 Å². The maximum Gasteiger partial charge on any atom is 0.105 e. The van der Waals surface area contributed by atoms with Gasteiger partial charge in [0.25, 0.3) is 0 Å². The van der Waals surface area contributed by atoms with Crippen LogP contribution < -0.4 is 0 Å². The van der Waals surface area contributed by atoms with Crippen LogP contribution in [0.25, 0.3) is 0 Å². The Morgan fingerprint density at radius 3 is 2.78 bits per heavy atom. The molecule has 1 heterocycles. The molecular formula is C7H12O2. The predicted octanol–water partition coefficient (Wildman–Crippen LogP) is 0.978. The maximum absolute atomic E-state index is 5.31. The second-order valence-corrected chi connectivity index (χ2v) is 2.43. The molecule has 0 spiro atoms. The maximum atomic E-state index is 5.31. The predicted molar refractivity (Wildman–Crippen MR) is 35.4 cm³/mol. The lowest BCUT2D eigenvalue weighted by molar-refractivity contribution is -0.124. The Kier molecular flexibility index (Phi) is 2.25. The quantitative estimate of drug-likeness (QED) is 0.527. The summed E-state index contributed by atoms with van der Waals surface area (Å²) in [5.74, 6) is 0. The summed E-state index contributed by atoms with van der Waals surface area (Å²) in [7, 11) is 0. The molecule has 0 aliphatic carbocycles. The highest BCUT2D eigenvalue weighted by Crippen LogP contribution is 2.05. The van der Waals surface area contributed by atoms with Gasteiger partial charge >= 0.3 is 0 Å². The van der Waals surface area contributed by atoms with Gasteiger partial charge in [0.1, 0.15) is 6.10 Å². The zero-order valence-corrected chi connectivity index (χ0v) is 5.72. The minimum Gasteiger partial charge on any atom is -0.376 e. The summed E-state index contributed by atoms with van der Waals surface area (Å²) < 4.78 is 10.2. The first-order chi connectivity index (χ1) is 4.29. The van der Waals surface area contributed by atoms with Crippen molar-refractivity contribution in [1.29, 1.82) is 0 Å². The van der Waals surface area contributed by atoms with Crippen LogP contribution in [0.5, 0.6) is 0 Å². The molecule has 1 fully saturated rings. The minimum absolute atomic E-state index is 0.335. The van der Waals surface area contributed by atoms with Crippen LogP contribution >= 0.6 is 0 Å². The molecule has 52 valence electrons. The van der Waals surface area contributed by atoms with Crippen LogP contribution in [-0.4, -0.2) is 25.9 Å². The van der Waals surface area contributed by atoms with Crippen LogP contribution in [0.15, 0.2) is 12.2 Å². The van der Waals surface area contributed by atoms with Gasteiger partial charge in [-0.1, -0.05) is 12.2 Å². The van der Waals surface area contributed by atoms with Crippen molar-refractivity contribution in [2.24, 2.45) is 0 Å². The molecule has 0 aromatic rings. The van der Waals surface area contributed by atoms with E-state index >= 15 is 0 Å². The van der Waals surface area contributed by atoms with Gasteiger partial charge in [0.15, 0.2) is 0 Å². The molecule has 1 aliphatic rings. The SMILES string of the molecule is C=C(C)COC1COC1. The zero-order valence-electron chi connectivity index (χ0n) is 5.72. The fourth-order valence-electron chi connectivity index (χ4n) is 0.570. The molecule has 0 bridgehead atoms. The molecule has 9 heavy (non-hydrogen) atoms. The lowest BCUT2D eigenvalue weighted by Crippen LogP contribution is -2.36. The Hall–Kier alpha value is -0.340. The summed E-state index contributed by atoms with van der Waals surface area (Å²) in [6.07, 6.45) is 0.335. The van der Waals surface area contributed by atoms with E-state index in [1.54, 1.807) is 0 Å². The van der Waals surface area contributed by atoms with Crippen LogP contribution in [-0.2, 0) is 9.47 Å². The van der Waals surface area contributed by atoms with E-state index in [1.807, 2.05) is 6.92 Å². The first kappa shape index (κ1) is 6.78. The second kappa shape index (κ2) is 2.99. The zero-order chi connectivity index (χ0) is 6.69. The Bertz CT molecular complexity index is 105. The molecule has 0 saturated carbocycles. The van der Waals surface area contributed by atoms with Gasteiger partial charge in [-0.2, -0.15) is 0 Å². The molecule has 0 N–H and O–H groups in total. The number of hydrogen-bond donors (Lipinski definition) is 0. The number of ether oxygens (including phenoxy) is 2. The van der Waals surface area contributed by atoms with Crippen molar-refractivity contribution in [3.05, 3.63) is 12.2 Å². The van der Waals surface area contributed by atoms with Gasteiger partial charge in [-0.15, -0.1) is 0 Å². The third-order valence-corrected chi connectivity index (χ3v) is 1.17. The fourth-order valence-corrected chi connectivity index (χ4v) is 0.570. The van der Waals surface area contributed by atoms with E-state index in [0.29, 0.717) is 12.7 Å². The molecule has 0 unspecified atom stereocenters. The van der Waals surface area contributed by atoms with Crippen LogP contribution in [0.2, 0.25) is 0 Å². The Morgan fingerprint density at radius 1 is 1.78 bits per heavy atom. The average Bonchev–Trinajstić information content (AvgIpc) is 1.60. The Morgan fingerprint density at radius 2 is 2.44 bits per heavy atom. The standard InChI is InChI=1S/C7H12O2/c1-6(2)3-9-7-4-8-5-7/h7H,1,3-5H2,2H3. The van der Waals surface area contributed by atoms with Crippen LogP contribution in [0, 0.1) is 0 Å². The van der Waals surface area contributed by atoms with Gasteiger partial charge in [-0.25, -0.2) is 0 Å². The van der Waals surface area contributed by atoms with Crippen LogP contribution in [0.4, 0.5) is 0 Å². The van der Waals surface area contributed by atoms with Crippen LogP contribution in [0.1, 0.15) is 6.92 Å². The molecule has 0 amide bonds. The highest BCUT2D eigenvalue weighted by molar-refractivity contribution is 4.88. The molecular weight excluding hydrogens is 116 g/mol. The van der Waals surface area contributed by atoms with E-state index < -0.39 is 0 Å². The van der Waals surface area contributed by atoms with E-state index in [9.17, 15) is 0 Å². The first-order valence-electron chi connectivity index (χ1n) is 3.13. The van der Waals surface area contributed by atoms with Crippen molar-refractivity contribution in [3.8, 4) is 0 Å². The van der Waals surface area contributed by atoms with E-state index in [0.717, 1.165) is 18.8 Å². The average molecular weight is 128 g/mol.